The highest BCUT2D eigenvalue weighted by Gasteiger charge is 2.28. The number of hydrogen-bond donors (Lipinski definition) is 1. The zero-order valence-electron chi connectivity index (χ0n) is 11.2. The Morgan fingerprint density at radius 2 is 2.11 bits per heavy atom. The van der Waals surface area contributed by atoms with E-state index < -0.39 is 10.0 Å². The second-order valence-corrected chi connectivity index (χ2v) is 7.03. The Morgan fingerprint density at radius 1 is 1.44 bits per heavy atom. The second-order valence-electron chi connectivity index (χ2n) is 4.87. The summed E-state index contributed by atoms with van der Waals surface area (Å²) >= 11 is 0. The standard InChI is InChI=1S/C12H21N3O2S/c1-4-13-8-11-7-12(18(16,17)14(2)3)9-15(11)10-5-6-10/h7,9-10,13H,4-6,8H2,1-3H3. The van der Waals surface area contributed by atoms with Gasteiger partial charge in [-0.25, -0.2) is 12.7 Å². The highest BCUT2D eigenvalue weighted by molar-refractivity contribution is 7.89. The first kappa shape index (κ1) is 13.6. The van der Waals surface area contributed by atoms with Gasteiger partial charge < -0.3 is 9.88 Å². The number of nitrogens with zero attached hydrogens (tertiary/aromatic N) is 2. The van der Waals surface area contributed by atoms with Gasteiger partial charge >= 0.3 is 0 Å². The summed E-state index contributed by atoms with van der Waals surface area (Å²) in [6.07, 6.45) is 4.07. The van der Waals surface area contributed by atoms with E-state index in [1.165, 1.54) is 4.31 Å². The molecule has 1 aromatic heterocycles. The van der Waals surface area contributed by atoms with Crippen LogP contribution in [0.5, 0.6) is 0 Å². The third-order valence-corrected chi connectivity index (χ3v) is 4.96. The first-order chi connectivity index (χ1) is 8.46. The largest absolute Gasteiger partial charge is 0.346 e. The van der Waals surface area contributed by atoms with E-state index in [2.05, 4.69) is 9.88 Å². The predicted octanol–water partition coefficient (Wildman–Crippen LogP) is 1.18. The maximum absolute atomic E-state index is 12.1. The minimum Gasteiger partial charge on any atom is -0.346 e. The van der Waals surface area contributed by atoms with Crippen LogP contribution in [0.15, 0.2) is 17.2 Å². The van der Waals surface area contributed by atoms with Crippen molar-refractivity contribution < 1.29 is 8.42 Å². The van der Waals surface area contributed by atoms with Gasteiger partial charge in [0.15, 0.2) is 0 Å². The Morgan fingerprint density at radius 3 is 2.61 bits per heavy atom. The van der Waals surface area contributed by atoms with E-state index in [9.17, 15) is 8.42 Å². The SMILES string of the molecule is CCNCc1cc(S(=O)(=O)N(C)C)cn1C1CC1. The van der Waals surface area contributed by atoms with Gasteiger partial charge in [0.2, 0.25) is 10.0 Å². The molecule has 102 valence electrons. The van der Waals surface area contributed by atoms with Crippen LogP contribution in [0.3, 0.4) is 0 Å². The lowest BCUT2D eigenvalue weighted by Gasteiger charge is -2.08. The molecule has 0 saturated heterocycles. The molecule has 1 heterocycles. The van der Waals surface area contributed by atoms with Gasteiger partial charge in [-0.1, -0.05) is 6.92 Å². The van der Waals surface area contributed by atoms with Gasteiger partial charge in [0.25, 0.3) is 0 Å². The topological polar surface area (TPSA) is 54.3 Å². The molecule has 0 spiro atoms. The van der Waals surface area contributed by atoms with Crippen LogP contribution in [-0.2, 0) is 16.6 Å². The van der Waals surface area contributed by atoms with Crippen LogP contribution in [0.4, 0.5) is 0 Å². The predicted molar refractivity (Wildman–Crippen MR) is 71.0 cm³/mol. The molecule has 1 saturated carbocycles. The van der Waals surface area contributed by atoms with E-state index >= 15 is 0 Å². The molecular formula is C12H21N3O2S. The molecule has 0 aliphatic heterocycles. The van der Waals surface area contributed by atoms with Crippen molar-refractivity contribution in [2.75, 3.05) is 20.6 Å². The Bertz CT molecular complexity index is 515. The van der Waals surface area contributed by atoms with Gasteiger partial charge in [0.1, 0.15) is 4.90 Å². The first-order valence-electron chi connectivity index (χ1n) is 6.30. The zero-order chi connectivity index (χ0) is 13.3. The van der Waals surface area contributed by atoms with Gasteiger partial charge in [-0.15, -0.1) is 0 Å². The molecule has 1 aliphatic rings. The monoisotopic (exact) mass is 271 g/mol. The molecule has 2 rings (SSSR count). The van der Waals surface area contributed by atoms with Crippen LogP contribution in [0.25, 0.3) is 0 Å². The summed E-state index contributed by atoms with van der Waals surface area (Å²) < 4.78 is 27.6. The van der Waals surface area contributed by atoms with E-state index in [4.69, 9.17) is 0 Å². The van der Waals surface area contributed by atoms with Gasteiger partial charge in [0, 0.05) is 38.6 Å². The van der Waals surface area contributed by atoms with Crippen LogP contribution in [0.2, 0.25) is 0 Å². The smallest absolute Gasteiger partial charge is 0.244 e. The summed E-state index contributed by atoms with van der Waals surface area (Å²) in [5.41, 5.74) is 1.06. The van der Waals surface area contributed by atoms with E-state index in [0.29, 0.717) is 10.9 Å². The molecule has 0 bridgehead atoms. The van der Waals surface area contributed by atoms with E-state index in [1.54, 1.807) is 26.4 Å². The van der Waals surface area contributed by atoms with Gasteiger partial charge in [-0.2, -0.15) is 0 Å². The molecule has 0 aromatic carbocycles. The summed E-state index contributed by atoms with van der Waals surface area (Å²) in [5, 5.41) is 3.25. The summed E-state index contributed by atoms with van der Waals surface area (Å²) in [7, 11) is -0.198. The Labute approximate surface area is 109 Å². The number of nitrogens with one attached hydrogen (secondary N) is 1. The lowest BCUT2D eigenvalue weighted by Crippen LogP contribution is -2.21. The molecule has 0 unspecified atom stereocenters. The van der Waals surface area contributed by atoms with Gasteiger partial charge in [0.05, 0.1) is 0 Å². The molecule has 1 aromatic rings. The summed E-state index contributed by atoms with van der Waals surface area (Å²) in [5.74, 6) is 0. The minimum atomic E-state index is -3.32. The zero-order valence-corrected chi connectivity index (χ0v) is 12.0. The molecule has 0 atom stereocenters. The minimum absolute atomic E-state index is 0.396. The quantitative estimate of drug-likeness (QED) is 0.845. The van der Waals surface area contributed by atoms with Crippen molar-refractivity contribution >= 4 is 10.0 Å². The Balaban J connectivity index is 2.33. The van der Waals surface area contributed by atoms with Gasteiger partial charge in [-0.3, -0.25) is 0 Å². The van der Waals surface area contributed by atoms with E-state index in [0.717, 1.165) is 31.6 Å². The van der Waals surface area contributed by atoms with Crippen molar-refractivity contribution in [2.24, 2.45) is 0 Å². The van der Waals surface area contributed by atoms with Crippen molar-refractivity contribution in [2.45, 2.75) is 37.2 Å². The van der Waals surface area contributed by atoms with Crippen LogP contribution in [0.1, 0.15) is 31.5 Å². The Hall–Kier alpha value is -0.850. The molecular weight excluding hydrogens is 250 g/mol. The number of hydrogen-bond acceptors (Lipinski definition) is 3. The molecule has 1 fully saturated rings. The Kier molecular flexibility index (Phi) is 3.79. The maximum Gasteiger partial charge on any atom is 0.244 e. The van der Waals surface area contributed by atoms with Crippen molar-refractivity contribution in [1.29, 1.82) is 0 Å². The third kappa shape index (κ3) is 2.60. The van der Waals surface area contributed by atoms with Gasteiger partial charge in [-0.05, 0) is 25.5 Å². The fraction of sp³-hybridized carbons (Fsp3) is 0.667. The molecule has 0 amide bonds. The normalized spacial score (nSPS) is 16.4. The third-order valence-electron chi connectivity index (χ3n) is 3.18. The van der Waals surface area contributed by atoms with Crippen molar-refractivity contribution in [3.63, 3.8) is 0 Å². The molecule has 1 N–H and O–H groups in total. The van der Waals surface area contributed by atoms with Crippen molar-refractivity contribution in [1.82, 2.24) is 14.2 Å². The summed E-state index contributed by atoms with van der Waals surface area (Å²) in [4.78, 5) is 0.396. The fourth-order valence-electron chi connectivity index (χ4n) is 1.94. The lowest BCUT2D eigenvalue weighted by atomic mass is 10.4. The highest BCUT2D eigenvalue weighted by Crippen LogP contribution is 2.37. The fourth-order valence-corrected chi connectivity index (χ4v) is 2.89. The molecule has 18 heavy (non-hydrogen) atoms. The number of aromatic nitrogens is 1. The maximum atomic E-state index is 12.1. The first-order valence-corrected chi connectivity index (χ1v) is 7.74. The van der Waals surface area contributed by atoms with E-state index in [-0.39, 0.29) is 0 Å². The number of rotatable bonds is 6. The van der Waals surface area contributed by atoms with Crippen LogP contribution < -0.4 is 5.32 Å². The summed E-state index contributed by atoms with van der Waals surface area (Å²) in [6, 6.07) is 2.28. The summed E-state index contributed by atoms with van der Waals surface area (Å²) in [6.45, 7) is 3.64. The average Bonchev–Trinajstić information content (AvgIpc) is 3.06. The molecule has 5 nitrogen and oxygen atoms in total. The number of sulfonamides is 1. The second kappa shape index (κ2) is 5.03. The highest BCUT2D eigenvalue weighted by atomic mass is 32.2. The van der Waals surface area contributed by atoms with Crippen molar-refractivity contribution in [3.8, 4) is 0 Å². The van der Waals surface area contributed by atoms with Crippen LogP contribution in [-0.4, -0.2) is 37.9 Å². The molecule has 0 radical (unpaired) electrons. The molecule has 1 aliphatic carbocycles. The average molecular weight is 271 g/mol. The lowest BCUT2D eigenvalue weighted by molar-refractivity contribution is 0.520. The van der Waals surface area contributed by atoms with Crippen LogP contribution >= 0.6 is 0 Å². The molecule has 6 heteroatoms. The van der Waals surface area contributed by atoms with E-state index in [1.807, 2.05) is 6.92 Å². The van der Waals surface area contributed by atoms with Crippen molar-refractivity contribution in [3.05, 3.63) is 18.0 Å². The van der Waals surface area contributed by atoms with Crippen LogP contribution in [0, 0.1) is 0 Å².